The zero-order valence-corrected chi connectivity index (χ0v) is 13.6. The molecular weight excluding hydrogens is 284 g/mol. The quantitative estimate of drug-likeness (QED) is 0.876. The fraction of sp³-hybridized carbons (Fsp3) is 0.375. The molecule has 0 saturated carbocycles. The van der Waals surface area contributed by atoms with E-state index in [1.807, 2.05) is 42.0 Å². The SMILES string of the molecule is Cc1ccc(-n2c(C(C)(C)C)cnc2SCC(=O)O)cc1. The van der Waals surface area contributed by atoms with Crippen LogP contribution in [0, 0.1) is 6.92 Å². The number of hydrogen-bond acceptors (Lipinski definition) is 3. The second-order valence-corrected chi connectivity index (χ2v) is 6.97. The summed E-state index contributed by atoms with van der Waals surface area (Å²) in [5.41, 5.74) is 3.20. The number of aliphatic carboxylic acids is 1. The van der Waals surface area contributed by atoms with Crippen molar-refractivity contribution in [2.75, 3.05) is 5.75 Å². The first kappa shape index (κ1) is 15.6. The van der Waals surface area contributed by atoms with Crippen LogP contribution in [0.25, 0.3) is 5.69 Å². The van der Waals surface area contributed by atoms with Gasteiger partial charge in [0.2, 0.25) is 0 Å². The van der Waals surface area contributed by atoms with Crippen molar-refractivity contribution in [3.63, 3.8) is 0 Å². The summed E-state index contributed by atoms with van der Waals surface area (Å²) in [5.74, 6) is -0.831. The van der Waals surface area contributed by atoms with E-state index in [9.17, 15) is 4.79 Å². The Balaban J connectivity index is 2.50. The molecule has 1 aromatic carbocycles. The van der Waals surface area contributed by atoms with Crippen molar-refractivity contribution < 1.29 is 9.90 Å². The highest BCUT2D eigenvalue weighted by Gasteiger charge is 2.23. The lowest BCUT2D eigenvalue weighted by atomic mass is 9.92. The Morgan fingerprint density at radius 2 is 1.90 bits per heavy atom. The fourth-order valence-electron chi connectivity index (χ4n) is 2.04. The minimum absolute atomic E-state index is 0.00641. The molecule has 0 saturated heterocycles. The van der Waals surface area contributed by atoms with Crippen molar-refractivity contribution in [1.29, 1.82) is 0 Å². The molecule has 5 heteroatoms. The average Bonchev–Trinajstić information content (AvgIpc) is 2.81. The lowest BCUT2D eigenvalue weighted by Crippen LogP contribution is -2.17. The van der Waals surface area contributed by atoms with Gasteiger partial charge >= 0.3 is 5.97 Å². The fourth-order valence-corrected chi connectivity index (χ4v) is 2.75. The topological polar surface area (TPSA) is 55.1 Å². The first-order chi connectivity index (χ1) is 9.79. The standard InChI is InChI=1S/C16H20N2O2S/c1-11-5-7-12(8-6-11)18-13(16(2,3)4)9-17-15(18)21-10-14(19)20/h5-9H,10H2,1-4H3,(H,19,20). The number of aromatic nitrogens is 2. The third kappa shape index (κ3) is 3.67. The number of carboxylic acid groups (broad SMARTS) is 1. The minimum atomic E-state index is -0.837. The maximum atomic E-state index is 10.8. The Labute approximate surface area is 129 Å². The lowest BCUT2D eigenvalue weighted by Gasteiger charge is -2.22. The summed E-state index contributed by atoms with van der Waals surface area (Å²) in [6.45, 7) is 8.42. The van der Waals surface area contributed by atoms with Crippen LogP contribution in [0.5, 0.6) is 0 Å². The summed E-state index contributed by atoms with van der Waals surface area (Å²) in [6, 6.07) is 8.18. The Kier molecular flexibility index (Phi) is 4.42. The molecule has 0 aliphatic heterocycles. The van der Waals surface area contributed by atoms with E-state index in [0.717, 1.165) is 11.4 Å². The molecule has 0 atom stereocenters. The van der Waals surface area contributed by atoms with Crippen LogP contribution in [0.1, 0.15) is 32.0 Å². The Hall–Kier alpha value is -1.75. The number of benzene rings is 1. The van der Waals surface area contributed by atoms with Crippen molar-refractivity contribution in [3.8, 4) is 5.69 Å². The smallest absolute Gasteiger partial charge is 0.313 e. The van der Waals surface area contributed by atoms with Crippen LogP contribution in [-0.4, -0.2) is 26.4 Å². The highest BCUT2D eigenvalue weighted by atomic mass is 32.2. The largest absolute Gasteiger partial charge is 0.481 e. The van der Waals surface area contributed by atoms with Crippen LogP contribution >= 0.6 is 11.8 Å². The molecule has 0 spiro atoms. The average molecular weight is 304 g/mol. The third-order valence-electron chi connectivity index (χ3n) is 3.11. The van der Waals surface area contributed by atoms with Gasteiger partial charge in [-0.05, 0) is 19.1 Å². The van der Waals surface area contributed by atoms with Crippen molar-refractivity contribution in [3.05, 3.63) is 41.7 Å². The van der Waals surface area contributed by atoms with Gasteiger partial charge in [-0.15, -0.1) is 0 Å². The summed E-state index contributed by atoms with van der Waals surface area (Å²) >= 11 is 1.24. The second kappa shape index (κ2) is 5.93. The van der Waals surface area contributed by atoms with Gasteiger partial charge in [0, 0.05) is 16.8 Å². The number of thioether (sulfide) groups is 1. The molecule has 0 aliphatic carbocycles. The Bertz CT molecular complexity index is 639. The molecule has 0 radical (unpaired) electrons. The third-order valence-corrected chi connectivity index (χ3v) is 4.05. The van der Waals surface area contributed by atoms with Gasteiger partial charge in [-0.2, -0.15) is 0 Å². The van der Waals surface area contributed by atoms with E-state index in [2.05, 4.69) is 25.8 Å². The minimum Gasteiger partial charge on any atom is -0.481 e. The second-order valence-electron chi connectivity index (χ2n) is 6.03. The van der Waals surface area contributed by atoms with Gasteiger partial charge in [-0.3, -0.25) is 9.36 Å². The van der Waals surface area contributed by atoms with Crippen molar-refractivity contribution in [2.45, 2.75) is 38.3 Å². The molecule has 1 heterocycles. The number of nitrogens with zero attached hydrogens (tertiary/aromatic N) is 2. The summed E-state index contributed by atoms with van der Waals surface area (Å²) in [4.78, 5) is 15.2. The lowest BCUT2D eigenvalue weighted by molar-refractivity contribution is -0.133. The summed E-state index contributed by atoms with van der Waals surface area (Å²) in [5, 5.41) is 9.60. The Morgan fingerprint density at radius 3 is 2.43 bits per heavy atom. The van der Waals surface area contributed by atoms with Gasteiger partial charge in [0.05, 0.1) is 11.9 Å². The van der Waals surface area contributed by atoms with Crippen LogP contribution in [0.2, 0.25) is 0 Å². The van der Waals surface area contributed by atoms with Crippen molar-refractivity contribution in [2.24, 2.45) is 0 Å². The summed E-state index contributed by atoms with van der Waals surface area (Å²) in [7, 11) is 0. The molecule has 4 nitrogen and oxygen atoms in total. The molecule has 0 amide bonds. The zero-order valence-electron chi connectivity index (χ0n) is 12.8. The van der Waals surface area contributed by atoms with E-state index in [0.29, 0.717) is 5.16 Å². The van der Waals surface area contributed by atoms with Gasteiger partial charge in [0.15, 0.2) is 5.16 Å². The van der Waals surface area contributed by atoms with Crippen molar-refractivity contribution >= 4 is 17.7 Å². The van der Waals surface area contributed by atoms with Gasteiger partial charge in [-0.25, -0.2) is 4.98 Å². The number of rotatable bonds is 4. The maximum Gasteiger partial charge on any atom is 0.313 e. The molecule has 0 fully saturated rings. The highest BCUT2D eigenvalue weighted by Crippen LogP contribution is 2.30. The highest BCUT2D eigenvalue weighted by molar-refractivity contribution is 7.99. The molecule has 0 aliphatic rings. The number of imidazole rings is 1. The van der Waals surface area contributed by atoms with E-state index in [-0.39, 0.29) is 11.2 Å². The number of aryl methyl sites for hydroxylation is 1. The summed E-state index contributed by atoms with van der Waals surface area (Å²) in [6.07, 6.45) is 1.84. The van der Waals surface area contributed by atoms with Crippen molar-refractivity contribution in [1.82, 2.24) is 9.55 Å². The van der Waals surface area contributed by atoms with E-state index < -0.39 is 5.97 Å². The molecule has 1 N–H and O–H groups in total. The molecule has 1 aromatic heterocycles. The van der Waals surface area contributed by atoms with Crippen LogP contribution in [0.4, 0.5) is 0 Å². The van der Waals surface area contributed by atoms with Gasteiger partial charge in [0.25, 0.3) is 0 Å². The predicted octanol–water partition coefficient (Wildman–Crippen LogP) is 3.65. The zero-order chi connectivity index (χ0) is 15.6. The first-order valence-electron chi connectivity index (χ1n) is 6.79. The van der Waals surface area contributed by atoms with E-state index in [4.69, 9.17) is 5.11 Å². The van der Waals surface area contributed by atoms with Crippen LogP contribution < -0.4 is 0 Å². The number of carboxylic acids is 1. The normalized spacial score (nSPS) is 11.6. The molecular formula is C16H20N2O2S. The summed E-state index contributed by atoms with van der Waals surface area (Å²) < 4.78 is 2.05. The van der Waals surface area contributed by atoms with E-state index in [1.54, 1.807) is 0 Å². The van der Waals surface area contributed by atoms with Crippen LogP contribution in [-0.2, 0) is 10.2 Å². The van der Waals surface area contributed by atoms with Gasteiger partial charge < -0.3 is 5.11 Å². The van der Waals surface area contributed by atoms with E-state index in [1.165, 1.54) is 17.3 Å². The monoisotopic (exact) mass is 304 g/mol. The predicted molar refractivity (Wildman–Crippen MR) is 85.4 cm³/mol. The number of hydrogen-bond donors (Lipinski definition) is 1. The Morgan fingerprint density at radius 1 is 1.29 bits per heavy atom. The first-order valence-corrected chi connectivity index (χ1v) is 7.77. The molecule has 0 unspecified atom stereocenters. The molecule has 0 bridgehead atoms. The number of carbonyl (C=O) groups is 1. The van der Waals surface area contributed by atoms with E-state index >= 15 is 0 Å². The molecule has 2 rings (SSSR count). The van der Waals surface area contributed by atoms with Crippen LogP contribution in [0.15, 0.2) is 35.6 Å². The molecule has 112 valence electrons. The van der Waals surface area contributed by atoms with Gasteiger partial charge in [-0.1, -0.05) is 50.2 Å². The van der Waals surface area contributed by atoms with Gasteiger partial charge in [0.1, 0.15) is 0 Å². The maximum absolute atomic E-state index is 10.8. The molecule has 2 aromatic rings. The molecule has 21 heavy (non-hydrogen) atoms. The van der Waals surface area contributed by atoms with Crippen LogP contribution in [0.3, 0.4) is 0 Å².